The fourth-order valence-electron chi connectivity index (χ4n) is 3.92. The number of carbonyl (C=O) groups is 2. The lowest BCUT2D eigenvalue weighted by Gasteiger charge is -2.36. The van der Waals surface area contributed by atoms with Crippen LogP contribution in [-0.4, -0.2) is 49.5 Å². The average molecular weight is 479 g/mol. The summed E-state index contributed by atoms with van der Waals surface area (Å²) in [6, 6.07) is 22.8. The minimum Gasteiger partial charge on any atom is -0.483 e. The number of amides is 2. The number of nitrogens with one attached hydrogen (secondary N) is 1. The first-order valence-corrected chi connectivity index (χ1v) is 11.5. The highest BCUT2D eigenvalue weighted by Crippen LogP contribution is 2.23. The Bertz CT molecular complexity index is 1130. The summed E-state index contributed by atoms with van der Waals surface area (Å²) in [5.74, 6) is -0.796. The Morgan fingerprint density at radius 3 is 2.32 bits per heavy atom. The molecule has 0 bridgehead atoms. The largest absolute Gasteiger partial charge is 0.483 e. The number of rotatable bonds is 8. The van der Waals surface area contributed by atoms with Crippen molar-refractivity contribution in [2.75, 3.05) is 43.0 Å². The average Bonchev–Trinajstić information content (AvgIpc) is 2.85. The second kappa shape index (κ2) is 11.0. The van der Waals surface area contributed by atoms with Crippen molar-refractivity contribution in [2.24, 2.45) is 5.73 Å². The third-order valence-corrected chi connectivity index (χ3v) is 5.94. The quantitative estimate of drug-likeness (QED) is 0.514. The van der Waals surface area contributed by atoms with Crippen LogP contribution in [0, 0.1) is 0 Å². The Labute approximate surface area is 204 Å². The summed E-state index contributed by atoms with van der Waals surface area (Å²) in [7, 11) is 0. The summed E-state index contributed by atoms with van der Waals surface area (Å²) in [6.45, 7) is 4.63. The molecule has 1 fully saturated rings. The van der Waals surface area contributed by atoms with Crippen LogP contribution in [-0.2, 0) is 11.3 Å². The van der Waals surface area contributed by atoms with Crippen molar-refractivity contribution in [1.29, 1.82) is 0 Å². The standard InChI is InChI=1S/C26H27ClN4O3/c27-20-6-11-24(23(16-20)26(28)33)34-18-25(32)29-21-7-9-22(10-8-21)31-14-12-30(13-15-31)17-19-4-2-1-3-5-19/h1-11,16H,12-15,17-18H2,(H2,28,33)(H,29,32). The molecule has 1 aliphatic rings. The molecule has 0 radical (unpaired) electrons. The first-order valence-electron chi connectivity index (χ1n) is 11.1. The molecule has 3 aromatic carbocycles. The molecule has 0 aliphatic carbocycles. The molecule has 1 aliphatic heterocycles. The zero-order valence-corrected chi connectivity index (χ0v) is 19.5. The summed E-state index contributed by atoms with van der Waals surface area (Å²) >= 11 is 5.89. The molecule has 0 atom stereocenters. The molecular weight excluding hydrogens is 452 g/mol. The zero-order valence-electron chi connectivity index (χ0n) is 18.7. The van der Waals surface area contributed by atoms with E-state index in [4.69, 9.17) is 22.1 Å². The van der Waals surface area contributed by atoms with Crippen LogP contribution in [0.25, 0.3) is 0 Å². The van der Waals surface area contributed by atoms with Crippen molar-refractivity contribution < 1.29 is 14.3 Å². The number of nitrogens with two attached hydrogens (primary N) is 1. The molecule has 1 heterocycles. The fraction of sp³-hybridized carbons (Fsp3) is 0.231. The Balaban J connectivity index is 1.25. The van der Waals surface area contributed by atoms with Crippen molar-refractivity contribution in [1.82, 2.24) is 4.90 Å². The van der Waals surface area contributed by atoms with E-state index in [0.29, 0.717) is 10.7 Å². The van der Waals surface area contributed by atoms with Gasteiger partial charge in [-0.2, -0.15) is 0 Å². The number of piperazine rings is 1. The molecule has 7 nitrogen and oxygen atoms in total. The number of benzene rings is 3. The van der Waals surface area contributed by atoms with Crippen LogP contribution in [0.4, 0.5) is 11.4 Å². The van der Waals surface area contributed by atoms with Gasteiger partial charge in [-0.15, -0.1) is 0 Å². The SMILES string of the molecule is NC(=O)c1cc(Cl)ccc1OCC(=O)Nc1ccc(N2CCN(Cc3ccccc3)CC2)cc1. The normalized spacial score (nSPS) is 14.0. The first kappa shape index (κ1) is 23.6. The van der Waals surface area contributed by atoms with E-state index < -0.39 is 5.91 Å². The zero-order chi connectivity index (χ0) is 23.9. The highest BCUT2D eigenvalue weighted by Gasteiger charge is 2.17. The summed E-state index contributed by atoms with van der Waals surface area (Å²) in [4.78, 5) is 28.7. The van der Waals surface area contributed by atoms with E-state index in [-0.39, 0.29) is 23.8 Å². The van der Waals surface area contributed by atoms with E-state index >= 15 is 0 Å². The maximum absolute atomic E-state index is 12.3. The topological polar surface area (TPSA) is 87.9 Å². The van der Waals surface area contributed by atoms with Crippen LogP contribution in [0.2, 0.25) is 5.02 Å². The van der Waals surface area contributed by atoms with E-state index in [1.54, 1.807) is 6.07 Å². The Morgan fingerprint density at radius 2 is 1.65 bits per heavy atom. The number of ether oxygens (including phenoxy) is 1. The van der Waals surface area contributed by atoms with Gasteiger partial charge in [0.25, 0.3) is 11.8 Å². The Morgan fingerprint density at radius 1 is 0.941 bits per heavy atom. The van der Waals surface area contributed by atoms with Crippen LogP contribution in [0.5, 0.6) is 5.75 Å². The molecule has 3 N–H and O–H groups in total. The molecule has 34 heavy (non-hydrogen) atoms. The fourth-order valence-corrected chi connectivity index (χ4v) is 4.09. The summed E-state index contributed by atoms with van der Waals surface area (Å²) in [6.07, 6.45) is 0. The smallest absolute Gasteiger partial charge is 0.262 e. The molecule has 0 spiro atoms. The van der Waals surface area contributed by atoms with Gasteiger partial charge in [-0.1, -0.05) is 41.9 Å². The van der Waals surface area contributed by atoms with Crippen LogP contribution in [0.1, 0.15) is 15.9 Å². The number of halogens is 1. The first-order chi connectivity index (χ1) is 16.5. The summed E-state index contributed by atoms with van der Waals surface area (Å²) < 4.78 is 5.47. The maximum Gasteiger partial charge on any atom is 0.262 e. The van der Waals surface area contributed by atoms with Gasteiger partial charge in [-0.3, -0.25) is 14.5 Å². The van der Waals surface area contributed by atoms with E-state index in [1.807, 2.05) is 30.3 Å². The highest BCUT2D eigenvalue weighted by atomic mass is 35.5. The molecule has 4 rings (SSSR count). The summed E-state index contributed by atoms with van der Waals surface area (Å²) in [5.41, 5.74) is 8.61. The van der Waals surface area contributed by atoms with E-state index in [0.717, 1.165) is 38.4 Å². The van der Waals surface area contributed by atoms with Crippen LogP contribution < -0.4 is 20.7 Å². The predicted octanol–water partition coefficient (Wildman–Crippen LogP) is 3.78. The van der Waals surface area contributed by atoms with Gasteiger partial charge in [0, 0.05) is 49.1 Å². The molecule has 2 amide bonds. The third-order valence-electron chi connectivity index (χ3n) is 5.70. The Hall–Kier alpha value is -3.55. The number of hydrogen-bond donors (Lipinski definition) is 2. The molecule has 0 unspecified atom stereocenters. The van der Waals surface area contributed by atoms with E-state index in [9.17, 15) is 9.59 Å². The lowest BCUT2D eigenvalue weighted by molar-refractivity contribution is -0.118. The maximum atomic E-state index is 12.3. The van der Waals surface area contributed by atoms with Gasteiger partial charge in [0.05, 0.1) is 5.56 Å². The second-order valence-corrected chi connectivity index (χ2v) is 8.57. The second-order valence-electron chi connectivity index (χ2n) is 8.14. The van der Waals surface area contributed by atoms with Gasteiger partial charge in [-0.05, 0) is 48.0 Å². The molecule has 8 heteroatoms. The number of primary amides is 1. The number of anilines is 2. The molecule has 1 saturated heterocycles. The lowest BCUT2D eigenvalue weighted by atomic mass is 10.2. The molecular formula is C26H27ClN4O3. The van der Waals surface area contributed by atoms with Crippen LogP contribution >= 0.6 is 11.6 Å². The molecule has 3 aromatic rings. The monoisotopic (exact) mass is 478 g/mol. The van der Waals surface area contributed by atoms with Crippen molar-refractivity contribution in [3.8, 4) is 5.75 Å². The van der Waals surface area contributed by atoms with Crippen molar-refractivity contribution >= 4 is 34.8 Å². The van der Waals surface area contributed by atoms with Gasteiger partial charge < -0.3 is 20.7 Å². The van der Waals surface area contributed by atoms with Crippen molar-refractivity contribution in [3.05, 3.63) is 88.9 Å². The molecule has 176 valence electrons. The number of carbonyl (C=O) groups excluding carboxylic acids is 2. The van der Waals surface area contributed by atoms with Crippen LogP contribution in [0.3, 0.4) is 0 Å². The number of hydrogen-bond acceptors (Lipinski definition) is 5. The van der Waals surface area contributed by atoms with Gasteiger partial charge in [0.2, 0.25) is 0 Å². The minimum atomic E-state index is -0.672. The van der Waals surface area contributed by atoms with E-state index in [2.05, 4.69) is 39.4 Å². The third kappa shape index (κ3) is 6.27. The number of nitrogens with zero attached hydrogens (tertiary/aromatic N) is 2. The predicted molar refractivity (Wildman–Crippen MR) is 134 cm³/mol. The van der Waals surface area contributed by atoms with E-state index in [1.165, 1.54) is 17.7 Å². The van der Waals surface area contributed by atoms with Crippen molar-refractivity contribution in [2.45, 2.75) is 6.54 Å². The van der Waals surface area contributed by atoms with Gasteiger partial charge in [0.15, 0.2) is 6.61 Å². The van der Waals surface area contributed by atoms with Gasteiger partial charge in [-0.25, -0.2) is 0 Å². The molecule has 0 aromatic heterocycles. The van der Waals surface area contributed by atoms with Gasteiger partial charge >= 0.3 is 0 Å². The van der Waals surface area contributed by atoms with Gasteiger partial charge in [0.1, 0.15) is 5.75 Å². The summed E-state index contributed by atoms with van der Waals surface area (Å²) in [5, 5.41) is 3.17. The van der Waals surface area contributed by atoms with Crippen LogP contribution in [0.15, 0.2) is 72.8 Å². The highest BCUT2D eigenvalue weighted by molar-refractivity contribution is 6.31. The lowest BCUT2D eigenvalue weighted by Crippen LogP contribution is -2.45. The van der Waals surface area contributed by atoms with Crippen molar-refractivity contribution in [3.63, 3.8) is 0 Å². The Kier molecular flexibility index (Phi) is 7.67. The minimum absolute atomic E-state index is 0.133. The molecule has 0 saturated carbocycles.